The Kier molecular flexibility index (Phi) is 7.16. The SMILES string of the molecule is CCOC(=O)c1cc(NC(=O)CCC2CCNCC2)cc(S(C)(=O)=O)c1. The molecule has 1 aliphatic rings. The highest BCUT2D eigenvalue weighted by Crippen LogP contribution is 2.22. The molecule has 0 saturated carbocycles. The van der Waals surface area contributed by atoms with E-state index < -0.39 is 15.8 Å². The zero-order valence-electron chi connectivity index (χ0n) is 15.2. The number of sulfone groups is 1. The second-order valence-corrected chi connectivity index (χ2v) is 8.53. The highest BCUT2D eigenvalue weighted by molar-refractivity contribution is 7.90. The number of nitrogens with one attached hydrogen (secondary N) is 2. The van der Waals surface area contributed by atoms with Gasteiger partial charge in [-0.1, -0.05) is 0 Å². The number of piperidine rings is 1. The van der Waals surface area contributed by atoms with Gasteiger partial charge in [-0.15, -0.1) is 0 Å². The van der Waals surface area contributed by atoms with E-state index in [1.807, 2.05) is 0 Å². The lowest BCUT2D eigenvalue weighted by Gasteiger charge is -2.22. The van der Waals surface area contributed by atoms with Gasteiger partial charge in [-0.3, -0.25) is 4.79 Å². The van der Waals surface area contributed by atoms with Crippen LogP contribution in [0.25, 0.3) is 0 Å². The standard InChI is InChI=1S/C18H26N2O5S/c1-3-25-18(22)14-10-15(12-16(11-14)26(2,23)24)20-17(21)5-4-13-6-8-19-9-7-13/h10-13,19H,3-9H2,1-2H3,(H,20,21). The van der Waals surface area contributed by atoms with Crippen molar-refractivity contribution in [1.29, 1.82) is 0 Å². The second-order valence-electron chi connectivity index (χ2n) is 6.52. The minimum absolute atomic E-state index is 0.0308. The van der Waals surface area contributed by atoms with Gasteiger partial charge >= 0.3 is 5.97 Å². The Morgan fingerprint density at radius 1 is 1.23 bits per heavy atom. The van der Waals surface area contributed by atoms with Crippen molar-refractivity contribution in [3.8, 4) is 0 Å². The van der Waals surface area contributed by atoms with Crippen molar-refractivity contribution in [3.63, 3.8) is 0 Å². The van der Waals surface area contributed by atoms with Gasteiger partial charge in [0.25, 0.3) is 0 Å². The molecule has 26 heavy (non-hydrogen) atoms. The van der Waals surface area contributed by atoms with Crippen LogP contribution in [0.5, 0.6) is 0 Å². The number of carbonyl (C=O) groups excluding carboxylic acids is 2. The van der Waals surface area contributed by atoms with Gasteiger partial charge in [0.15, 0.2) is 9.84 Å². The van der Waals surface area contributed by atoms with Crippen LogP contribution in [0.3, 0.4) is 0 Å². The first-order chi connectivity index (χ1) is 12.3. The number of hydrogen-bond acceptors (Lipinski definition) is 6. The van der Waals surface area contributed by atoms with E-state index in [1.54, 1.807) is 6.92 Å². The summed E-state index contributed by atoms with van der Waals surface area (Å²) in [6.07, 6.45) is 4.33. The Morgan fingerprint density at radius 3 is 2.54 bits per heavy atom. The van der Waals surface area contributed by atoms with Crippen molar-refractivity contribution in [3.05, 3.63) is 23.8 Å². The van der Waals surface area contributed by atoms with Crippen LogP contribution in [0.4, 0.5) is 5.69 Å². The summed E-state index contributed by atoms with van der Waals surface area (Å²) in [5.74, 6) is -0.286. The van der Waals surface area contributed by atoms with E-state index in [1.165, 1.54) is 18.2 Å². The van der Waals surface area contributed by atoms with Crippen molar-refractivity contribution >= 4 is 27.4 Å². The normalized spacial score (nSPS) is 15.5. The molecule has 144 valence electrons. The molecular weight excluding hydrogens is 356 g/mol. The third-order valence-electron chi connectivity index (χ3n) is 4.37. The summed E-state index contributed by atoms with van der Waals surface area (Å²) in [5, 5.41) is 5.99. The topological polar surface area (TPSA) is 102 Å². The fourth-order valence-corrected chi connectivity index (χ4v) is 3.63. The van der Waals surface area contributed by atoms with Gasteiger partial charge in [0.2, 0.25) is 5.91 Å². The van der Waals surface area contributed by atoms with E-state index >= 15 is 0 Å². The van der Waals surface area contributed by atoms with E-state index in [0.717, 1.165) is 38.6 Å². The molecule has 2 rings (SSSR count). The lowest BCUT2D eigenvalue weighted by Crippen LogP contribution is -2.28. The lowest BCUT2D eigenvalue weighted by atomic mass is 9.93. The van der Waals surface area contributed by atoms with Crippen LogP contribution >= 0.6 is 0 Å². The first-order valence-electron chi connectivity index (χ1n) is 8.82. The molecule has 1 fully saturated rings. The van der Waals surface area contributed by atoms with Crippen LogP contribution in [0.15, 0.2) is 23.1 Å². The van der Waals surface area contributed by atoms with Crippen LogP contribution in [-0.2, 0) is 19.4 Å². The molecular formula is C18H26N2O5S. The van der Waals surface area contributed by atoms with Crippen LogP contribution < -0.4 is 10.6 Å². The van der Waals surface area contributed by atoms with Gasteiger partial charge in [0.05, 0.1) is 17.1 Å². The second kappa shape index (κ2) is 9.14. The molecule has 0 aliphatic carbocycles. The minimum atomic E-state index is -3.53. The molecule has 1 aliphatic heterocycles. The molecule has 1 aromatic rings. The minimum Gasteiger partial charge on any atom is -0.462 e. The molecule has 2 N–H and O–H groups in total. The molecule has 1 saturated heterocycles. The van der Waals surface area contributed by atoms with E-state index in [2.05, 4.69) is 10.6 Å². The maximum absolute atomic E-state index is 12.2. The molecule has 1 heterocycles. The molecule has 0 unspecified atom stereocenters. The van der Waals surface area contributed by atoms with Crippen molar-refractivity contribution in [2.24, 2.45) is 5.92 Å². The number of benzene rings is 1. The smallest absolute Gasteiger partial charge is 0.338 e. The summed E-state index contributed by atoms with van der Waals surface area (Å²) in [6.45, 7) is 3.80. The Hall–Kier alpha value is -1.93. The number of rotatable bonds is 7. The fourth-order valence-electron chi connectivity index (χ4n) is 2.95. The Bertz CT molecular complexity index is 755. The highest BCUT2D eigenvalue weighted by atomic mass is 32.2. The summed E-state index contributed by atoms with van der Waals surface area (Å²) in [7, 11) is -3.53. The van der Waals surface area contributed by atoms with E-state index in [-0.39, 0.29) is 28.7 Å². The maximum Gasteiger partial charge on any atom is 0.338 e. The van der Waals surface area contributed by atoms with Gasteiger partial charge in [0.1, 0.15) is 0 Å². The molecule has 1 aromatic carbocycles. The van der Waals surface area contributed by atoms with Crippen LogP contribution in [0, 0.1) is 5.92 Å². The first kappa shape index (κ1) is 20.4. The average molecular weight is 382 g/mol. The van der Waals surface area contributed by atoms with Gasteiger partial charge in [-0.05, 0) is 63.4 Å². The lowest BCUT2D eigenvalue weighted by molar-refractivity contribution is -0.116. The molecule has 0 spiro atoms. The average Bonchev–Trinajstić information content (AvgIpc) is 2.60. The number of amides is 1. The van der Waals surface area contributed by atoms with E-state index in [9.17, 15) is 18.0 Å². The Morgan fingerprint density at radius 2 is 1.92 bits per heavy atom. The monoisotopic (exact) mass is 382 g/mol. The number of ether oxygens (including phenoxy) is 1. The zero-order chi connectivity index (χ0) is 19.2. The fraction of sp³-hybridized carbons (Fsp3) is 0.556. The highest BCUT2D eigenvalue weighted by Gasteiger charge is 2.17. The largest absolute Gasteiger partial charge is 0.462 e. The molecule has 0 aromatic heterocycles. The molecule has 7 nitrogen and oxygen atoms in total. The quantitative estimate of drug-likeness (QED) is 0.699. The predicted molar refractivity (Wildman–Crippen MR) is 99.0 cm³/mol. The molecule has 0 bridgehead atoms. The molecule has 0 radical (unpaired) electrons. The Balaban J connectivity index is 2.09. The number of carbonyl (C=O) groups is 2. The Labute approximate surface area is 154 Å². The van der Waals surface area contributed by atoms with Crippen molar-refractivity contribution in [2.45, 2.75) is 37.5 Å². The zero-order valence-corrected chi connectivity index (χ0v) is 16.0. The number of hydrogen-bond donors (Lipinski definition) is 2. The third-order valence-corrected chi connectivity index (χ3v) is 5.46. The van der Waals surface area contributed by atoms with E-state index in [4.69, 9.17) is 4.74 Å². The summed E-state index contributed by atoms with van der Waals surface area (Å²) in [6, 6.07) is 4.06. The summed E-state index contributed by atoms with van der Waals surface area (Å²) >= 11 is 0. The van der Waals surface area contributed by atoms with E-state index in [0.29, 0.717) is 12.3 Å². The maximum atomic E-state index is 12.2. The predicted octanol–water partition coefficient (Wildman–Crippen LogP) is 1.99. The molecule has 1 amide bonds. The third kappa shape index (κ3) is 6.10. The van der Waals surface area contributed by atoms with Gasteiger partial charge in [-0.2, -0.15) is 0 Å². The van der Waals surface area contributed by atoms with Crippen LogP contribution in [0.1, 0.15) is 43.0 Å². The summed E-state index contributed by atoms with van der Waals surface area (Å²) < 4.78 is 28.7. The summed E-state index contributed by atoms with van der Waals surface area (Å²) in [5.41, 5.74) is 0.384. The summed E-state index contributed by atoms with van der Waals surface area (Å²) in [4.78, 5) is 24.2. The number of anilines is 1. The van der Waals surface area contributed by atoms with Gasteiger partial charge in [0, 0.05) is 18.4 Å². The van der Waals surface area contributed by atoms with Gasteiger partial charge < -0.3 is 15.4 Å². The van der Waals surface area contributed by atoms with Crippen molar-refractivity contribution < 1.29 is 22.7 Å². The van der Waals surface area contributed by atoms with Gasteiger partial charge in [-0.25, -0.2) is 13.2 Å². The first-order valence-corrected chi connectivity index (χ1v) is 10.7. The van der Waals surface area contributed by atoms with Crippen LogP contribution in [0.2, 0.25) is 0 Å². The van der Waals surface area contributed by atoms with Crippen LogP contribution in [-0.4, -0.2) is 46.2 Å². The molecule has 8 heteroatoms. The number of esters is 1. The van der Waals surface area contributed by atoms with Crippen molar-refractivity contribution in [1.82, 2.24) is 5.32 Å². The van der Waals surface area contributed by atoms with Crippen molar-refractivity contribution in [2.75, 3.05) is 31.3 Å². The molecule has 0 atom stereocenters.